The molecule has 1 aliphatic rings. The number of anilines is 2. The van der Waals surface area contributed by atoms with Crippen LogP contribution in [0.4, 0.5) is 16.3 Å². The Morgan fingerprint density at radius 2 is 2.00 bits per heavy atom. The van der Waals surface area contributed by atoms with Crippen LogP contribution in [0.15, 0.2) is 22.7 Å². The number of hydrogen-bond acceptors (Lipinski definition) is 7. The summed E-state index contributed by atoms with van der Waals surface area (Å²) < 4.78 is 16.5. The topological polar surface area (TPSA) is 89.7 Å². The number of aryl methyl sites for hydroxylation is 3. The molecule has 1 saturated heterocycles. The monoisotopic (exact) mass is 402 g/mol. The summed E-state index contributed by atoms with van der Waals surface area (Å²) in [6.07, 6.45) is 3.37. The van der Waals surface area contributed by atoms with Crippen molar-refractivity contribution in [2.75, 3.05) is 36.5 Å². The number of morpholine rings is 1. The van der Waals surface area contributed by atoms with E-state index in [9.17, 15) is 4.79 Å². The van der Waals surface area contributed by atoms with E-state index < -0.39 is 11.7 Å². The first-order valence-corrected chi connectivity index (χ1v) is 10.1. The van der Waals surface area contributed by atoms with Crippen LogP contribution < -0.4 is 10.2 Å². The minimum absolute atomic E-state index is 0.472. The fourth-order valence-electron chi connectivity index (χ4n) is 3.04. The molecule has 0 radical (unpaired) electrons. The van der Waals surface area contributed by atoms with Crippen LogP contribution in [0.2, 0.25) is 0 Å². The van der Waals surface area contributed by atoms with Crippen molar-refractivity contribution in [1.82, 2.24) is 9.97 Å². The van der Waals surface area contributed by atoms with Gasteiger partial charge in [-0.05, 0) is 33.3 Å². The lowest BCUT2D eigenvalue weighted by Gasteiger charge is -2.29. The number of amides is 1. The van der Waals surface area contributed by atoms with Crippen molar-refractivity contribution in [1.29, 1.82) is 0 Å². The molecule has 1 aliphatic heterocycles. The first-order chi connectivity index (χ1) is 13.8. The minimum atomic E-state index is -0.573. The lowest BCUT2D eigenvalue weighted by Crippen LogP contribution is -2.36. The second-order valence-corrected chi connectivity index (χ2v) is 8.00. The number of pyridine rings is 1. The largest absolute Gasteiger partial charge is 0.446 e. The van der Waals surface area contributed by atoms with E-state index in [4.69, 9.17) is 13.9 Å². The molecule has 2 aromatic heterocycles. The Bertz CT molecular complexity index is 822. The molecule has 3 rings (SSSR count). The first kappa shape index (κ1) is 21.1. The molecule has 0 saturated carbocycles. The standard InChI is InChI=1S/C21H30N4O4/c1-5-17-14-22-19(28-17)7-6-15-12-16(25-8-10-27-11-9-25)13-18(23-15)24-20(26)29-21(2,3)4/h12-14H,5-11H2,1-4H3,(H,23,24,26). The summed E-state index contributed by atoms with van der Waals surface area (Å²) in [5.74, 6) is 2.05. The molecule has 0 unspecified atom stereocenters. The van der Waals surface area contributed by atoms with Crippen LogP contribution in [0.5, 0.6) is 0 Å². The number of aromatic nitrogens is 2. The highest BCUT2D eigenvalue weighted by atomic mass is 16.6. The van der Waals surface area contributed by atoms with E-state index in [1.807, 2.05) is 33.8 Å². The molecule has 158 valence electrons. The molecule has 1 N–H and O–H groups in total. The maximum atomic E-state index is 12.2. The lowest BCUT2D eigenvalue weighted by molar-refractivity contribution is 0.0635. The van der Waals surface area contributed by atoms with Crippen molar-refractivity contribution in [3.8, 4) is 0 Å². The van der Waals surface area contributed by atoms with Gasteiger partial charge in [-0.3, -0.25) is 5.32 Å². The fourth-order valence-corrected chi connectivity index (χ4v) is 3.04. The second-order valence-electron chi connectivity index (χ2n) is 8.00. The summed E-state index contributed by atoms with van der Waals surface area (Å²) in [7, 11) is 0. The molecule has 0 spiro atoms. The molecule has 2 aromatic rings. The summed E-state index contributed by atoms with van der Waals surface area (Å²) in [5, 5.41) is 2.76. The highest BCUT2D eigenvalue weighted by molar-refractivity contribution is 5.84. The predicted octanol–water partition coefficient (Wildman–Crippen LogP) is 3.60. The highest BCUT2D eigenvalue weighted by Crippen LogP contribution is 2.23. The molecule has 8 nitrogen and oxygen atoms in total. The van der Waals surface area contributed by atoms with Gasteiger partial charge >= 0.3 is 6.09 Å². The van der Waals surface area contributed by atoms with Crippen molar-refractivity contribution in [2.45, 2.75) is 52.6 Å². The normalized spacial score (nSPS) is 14.7. The third kappa shape index (κ3) is 6.45. The van der Waals surface area contributed by atoms with Crippen molar-refractivity contribution in [3.63, 3.8) is 0 Å². The summed E-state index contributed by atoms with van der Waals surface area (Å²) in [6, 6.07) is 3.92. The Balaban J connectivity index is 1.76. The zero-order chi connectivity index (χ0) is 20.9. The van der Waals surface area contributed by atoms with Gasteiger partial charge < -0.3 is 18.8 Å². The van der Waals surface area contributed by atoms with Gasteiger partial charge in [0.1, 0.15) is 17.2 Å². The number of nitrogens with zero attached hydrogens (tertiary/aromatic N) is 3. The fraction of sp³-hybridized carbons (Fsp3) is 0.571. The molecule has 0 atom stereocenters. The van der Waals surface area contributed by atoms with Gasteiger partial charge in [0.2, 0.25) is 0 Å². The zero-order valence-electron chi connectivity index (χ0n) is 17.7. The summed E-state index contributed by atoms with van der Waals surface area (Å²) in [6.45, 7) is 10.5. The molecule has 1 fully saturated rings. The van der Waals surface area contributed by atoms with Crippen molar-refractivity contribution >= 4 is 17.6 Å². The number of oxazole rings is 1. The van der Waals surface area contributed by atoms with Crippen molar-refractivity contribution in [2.24, 2.45) is 0 Å². The van der Waals surface area contributed by atoms with Gasteiger partial charge in [-0.25, -0.2) is 14.8 Å². The number of rotatable bonds is 6. The molecule has 0 bridgehead atoms. The van der Waals surface area contributed by atoms with Gasteiger partial charge in [0.05, 0.1) is 19.4 Å². The van der Waals surface area contributed by atoms with Gasteiger partial charge in [0.25, 0.3) is 0 Å². The van der Waals surface area contributed by atoms with E-state index in [1.54, 1.807) is 6.20 Å². The Morgan fingerprint density at radius 3 is 2.66 bits per heavy atom. The molecule has 3 heterocycles. The second kappa shape index (κ2) is 9.26. The minimum Gasteiger partial charge on any atom is -0.446 e. The smallest absolute Gasteiger partial charge is 0.413 e. The van der Waals surface area contributed by atoms with Crippen molar-refractivity contribution < 1.29 is 18.7 Å². The maximum Gasteiger partial charge on any atom is 0.413 e. The number of nitrogens with one attached hydrogen (secondary N) is 1. The Kier molecular flexibility index (Phi) is 6.74. The van der Waals surface area contributed by atoms with Crippen LogP contribution >= 0.6 is 0 Å². The van der Waals surface area contributed by atoms with E-state index in [0.717, 1.165) is 36.7 Å². The van der Waals surface area contributed by atoms with Gasteiger partial charge in [-0.15, -0.1) is 0 Å². The zero-order valence-corrected chi connectivity index (χ0v) is 17.7. The predicted molar refractivity (Wildman–Crippen MR) is 110 cm³/mol. The summed E-state index contributed by atoms with van der Waals surface area (Å²) >= 11 is 0. The van der Waals surface area contributed by atoms with E-state index in [1.165, 1.54) is 0 Å². The quantitative estimate of drug-likeness (QED) is 0.789. The number of carbonyl (C=O) groups excluding carboxylic acids is 1. The van der Waals surface area contributed by atoms with Crippen LogP contribution in [0.1, 0.15) is 45.0 Å². The first-order valence-electron chi connectivity index (χ1n) is 10.1. The molecule has 1 amide bonds. The molecule has 0 aliphatic carbocycles. The third-order valence-corrected chi connectivity index (χ3v) is 4.41. The summed E-state index contributed by atoms with van der Waals surface area (Å²) in [4.78, 5) is 23.4. The van der Waals surface area contributed by atoms with Crippen LogP contribution in [0.3, 0.4) is 0 Å². The highest BCUT2D eigenvalue weighted by Gasteiger charge is 2.19. The summed E-state index contributed by atoms with van der Waals surface area (Å²) in [5.41, 5.74) is 1.29. The van der Waals surface area contributed by atoms with E-state index >= 15 is 0 Å². The lowest BCUT2D eigenvalue weighted by atomic mass is 10.2. The van der Waals surface area contributed by atoms with Crippen LogP contribution in [0.25, 0.3) is 0 Å². The average Bonchev–Trinajstić information content (AvgIpc) is 3.13. The van der Waals surface area contributed by atoms with Crippen LogP contribution in [-0.2, 0) is 28.7 Å². The maximum absolute atomic E-state index is 12.2. The number of ether oxygens (including phenoxy) is 2. The van der Waals surface area contributed by atoms with Crippen molar-refractivity contribution in [3.05, 3.63) is 35.7 Å². The van der Waals surface area contributed by atoms with E-state index in [-0.39, 0.29) is 0 Å². The van der Waals surface area contributed by atoms with Gasteiger partial charge in [0.15, 0.2) is 5.89 Å². The molecular formula is C21H30N4O4. The Morgan fingerprint density at radius 1 is 1.24 bits per heavy atom. The third-order valence-electron chi connectivity index (χ3n) is 4.41. The Labute approximate surface area is 171 Å². The SMILES string of the molecule is CCc1cnc(CCc2cc(N3CCOCC3)cc(NC(=O)OC(C)(C)C)n2)o1. The van der Waals surface area contributed by atoms with Gasteiger partial charge in [0, 0.05) is 43.4 Å². The van der Waals surface area contributed by atoms with E-state index in [0.29, 0.717) is 37.8 Å². The van der Waals surface area contributed by atoms with Crippen LogP contribution in [0, 0.1) is 0 Å². The van der Waals surface area contributed by atoms with Gasteiger partial charge in [-0.2, -0.15) is 0 Å². The van der Waals surface area contributed by atoms with Crippen LogP contribution in [-0.4, -0.2) is 48.0 Å². The van der Waals surface area contributed by atoms with Gasteiger partial charge in [-0.1, -0.05) is 6.92 Å². The number of carbonyl (C=O) groups is 1. The van der Waals surface area contributed by atoms with E-state index in [2.05, 4.69) is 26.3 Å². The molecule has 0 aromatic carbocycles. The molecular weight excluding hydrogens is 372 g/mol. The Hall–Kier alpha value is -2.61. The average molecular weight is 402 g/mol. The molecule has 8 heteroatoms. The number of hydrogen-bond donors (Lipinski definition) is 1. The molecule has 29 heavy (non-hydrogen) atoms.